The number of nitrogens with one attached hydrogen (secondary N) is 3. The third-order valence-corrected chi connectivity index (χ3v) is 6.10. The van der Waals surface area contributed by atoms with Crippen LogP contribution in [0.15, 0.2) is 30.3 Å². The fourth-order valence-electron chi connectivity index (χ4n) is 4.42. The highest BCUT2D eigenvalue weighted by atomic mass is 35.5. The van der Waals surface area contributed by atoms with E-state index < -0.39 is 11.9 Å². The van der Waals surface area contributed by atoms with Gasteiger partial charge in [-0.05, 0) is 64.9 Å². The topological polar surface area (TPSA) is 113 Å². The zero-order valence-corrected chi connectivity index (χ0v) is 22.7. The first-order valence-corrected chi connectivity index (χ1v) is 12.5. The van der Waals surface area contributed by atoms with Gasteiger partial charge in [0.1, 0.15) is 11.6 Å². The highest BCUT2D eigenvalue weighted by Crippen LogP contribution is 2.23. The van der Waals surface area contributed by atoms with E-state index in [0.717, 1.165) is 30.7 Å². The van der Waals surface area contributed by atoms with Crippen LogP contribution in [0.5, 0.6) is 5.75 Å². The smallest absolute Gasteiger partial charge is 0.326 e. The number of aromatic nitrogens is 3. The number of pyridine rings is 1. The van der Waals surface area contributed by atoms with E-state index in [-0.39, 0.29) is 18.5 Å². The molecule has 1 fully saturated rings. The van der Waals surface area contributed by atoms with Crippen molar-refractivity contribution < 1.29 is 14.3 Å². The number of nitrogens with zero attached hydrogens (tertiary/aromatic N) is 4. The van der Waals surface area contributed by atoms with Crippen LogP contribution in [0.4, 0.5) is 16.3 Å². The van der Waals surface area contributed by atoms with Gasteiger partial charge in [-0.25, -0.2) is 9.78 Å². The first-order chi connectivity index (χ1) is 17.3. The summed E-state index contributed by atoms with van der Waals surface area (Å²) in [6.45, 7) is 9.41. The van der Waals surface area contributed by atoms with Crippen molar-refractivity contribution in [1.82, 2.24) is 25.0 Å². The molecule has 3 aromatic rings. The molecule has 3 amide bonds. The molecule has 0 bridgehead atoms. The van der Waals surface area contributed by atoms with E-state index >= 15 is 0 Å². The lowest BCUT2D eigenvalue weighted by Crippen LogP contribution is -2.36. The highest BCUT2D eigenvalue weighted by molar-refractivity contribution is 6.11. The first kappa shape index (κ1) is 28.2. The maximum Gasteiger partial charge on any atom is 0.326 e. The van der Waals surface area contributed by atoms with Crippen molar-refractivity contribution >= 4 is 46.9 Å². The molecule has 2 aromatic heterocycles. The number of piperidine rings is 1. The van der Waals surface area contributed by atoms with E-state index in [1.807, 2.05) is 33.9 Å². The van der Waals surface area contributed by atoms with Crippen molar-refractivity contribution in [2.75, 3.05) is 36.8 Å². The Hall–Kier alpha value is -3.37. The summed E-state index contributed by atoms with van der Waals surface area (Å²) in [5.74, 6) is 0.524. The molecule has 1 aliphatic rings. The Morgan fingerprint density at radius 2 is 1.89 bits per heavy atom. The molecule has 11 heteroatoms. The van der Waals surface area contributed by atoms with Gasteiger partial charge in [0.25, 0.3) is 5.91 Å². The molecule has 0 aliphatic carbocycles. The number of fused-ring (bicyclic) bond motifs is 1. The van der Waals surface area contributed by atoms with E-state index in [1.165, 1.54) is 19.3 Å². The van der Waals surface area contributed by atoms with Crippen LogP contribution in [0, 0.1) is 6.92 Å². The summed E-state index contributed by atoms with van der Waals surface area (Å²) in [4.78, 5) is 32.9. The number of aryl methyl sites for hydroxylation is 2. The van der Waals surface area contributed by atoms with Crippen LogP contribution >= 0.6 is 12.4 Å². The van der Waals surface area contributed by atoms with Crippen LogP contribution in [0.25, 0.3) is 11.0 Å². The van der Waals surface area contributed by atoms with Gasteiger partial charge in [-0.3, -0.25) is 14.8 Å². The predicted octanol–water partition coefficient (Wildman–Crippen LogP) is 4.35. The van der Waals surface area contributed by atoms with Gasteiger partial charge in [0.2, 0.25) is 0 Å². The predicted molar refractivity (Wildman–Crippen MR) is 148 cm³/mol. The number of rotatable bonds is 8. The van der Waals surface area contributed by atoms with Crippen LogP contribution in [0.3, 0.4) is 0 Å². The maximum absolute atomic E-state index is 13.2. The van der Waals surface area contributed by atoms with Crippen molar-refractivity contribution in [3.63, 3.8) is 0 Å². The lowest BCUT2D eigenvalue weighted by atomic mass is 10.1. The van der Waals surface area contributed by atoms with Gasteiger partial charge in [0.05, 0.1) is 17.4 Å². The average molecular weight is 530 g/mol. The fraction of sp³-hybridized carbons (Fsp3) is 0.462. The van der Waals surface area contributed by atoms with Gasteiger partial charge in [-0.2, -0.15) is 5.10 Å². The van der Waals surface area contributed by atoms with Gasteiger partial charge < -0.3 is 20.3 Å². The molecule has 0 spiro atoms. The number of anilines is 2. The van der Waals surface area contributed by atoms with Crippen molar-refractivity contribution in [2.24, 2.45) is 7.05 Å². The van der Waals surface area contributed by atoms with E-state index in [0.29, 0.717) is 35.0 Å². The Balaban J connectivity index is 0.00000380. The molecule has 1 aromatic carbocycles. The monoisotopic (exact) mass is 529 g/mol. The minimum absolute atomic E-state index is 0. The molecule has 1 saturated heterocycles. The third-order valence-electron chi connectivity index (χ3n) is 6.10. The van der Waals surface area contributed by atoms with E-state index in [9.17, 15) is 9.59 Å². The van der Waals surface area contributed by atoms with Crippen LogP contribution in [-0.4, -0.2) is 63.9 Å². The number of urea groups is 1. The summed E-state index contributed by atoms with van der Waals surface area (Å²) in [5.41, 5.74) is 2.26. The number of carbonyl (C=O) groups is 2. The van der Waals surface area contributed by atoms with Gasteiger partial charge in [-0.1, -0.05) is 12.5 Å². The summed E-state index contributed by atoms with van der Waals surface area (Å²) < 4.78 is 7.37. The van der Waals surface area contributed by atoms with Gasteiger partial charge >= 0.3 is 6.03 Å². The van der Waals surface area contributed by atoms with Crippen LogP contribution in [-0.2, 0) is 7.05 Å². The summed E-state index contributed by atoms with van der Waals surface area (Å²) >= 11 is 0. The molecule has 3 heterocycles. The summed E-state index contributed by atoms with van der Waals surface area (Å²) in [7, 11) is 1.82. The standard InChI is InChI=1S/C26H35N7O3.ClH/c1-17(2)36-20-10-8-9-19(15-20)28-26(35)30-25(34)22-16-21-18(3)31-32(4)24(21)29-23(22)27-11-14-33-12-6-5-7-13-33;/h8-10,15-17H,5-7,11-14H2,1-4H3,(H,27,29)(H2,28,30,34,35);1H. The maximum atomic E-state index is 13.2. The molecule has 1 aliphatic heterocycles. The Morgan fingerprint density at radius 1 is 1.14 bits per heavy atom. The molecule has 3 N–H and O–H groups in total. The van der Waals surface area contributed by atoms with Crippen LogP contribution < -0.4 is 20.7 Å². The molecule has 0 radical (unpaired) electrons. The minimum atomic E-state index is -0.635. The molecular weight excluding hydrogens is 494 g/mol. The normalized spacial score (nSPS) is 13.8. The largest absolute Gasteiger partial charge is 0.491 e. The number of halogens is 1. The highest BCUT2D eigenvalue weighted by Gasteiger charge is 2.20. The number of carbonyl (C=O) groups excluding carboxylic acids is 2. The number of ether oxygens (including phenoxy) is 1. The van der Waals surface area contributed by atoms with Crippen molar-refractivity contribution in [3.8, 4) is 5.75 Å². The Bertz CT molecular complexity index is 1240. The zero-order chi connectivity index (χ0) is 25.7. The number of amides is 3. The second-order valence-electron chi connectivity index (χ2n) is 9.40. The zero-order valence-electron chi connectivity index (χ0n) is 21.8. The van der Waals surface area contributed by atoms with Crippen molar-refractivity contribution in [2.45, 2.75) is 46.1 Å². The second kappa shape index (κ2) is 12.7. The lowest BCUT2D eigenvalue weighted by molar-refractivity contribution is 0.0967. The van der Waals surface area contributed by atoms with E-state index in [4.69, 9.17) is 9.72 Å². The molecule has 0 unspecified atom stereocenters. The molecule has 4 rings (SSSR count). The minimum Gasteiger partial charge on any atom is -0.491 e. The van der Waals surface area contributed by atoms with Crippen LogP contribution in [0.2, 0.25) is 0 Å². The summed E-state index contributed by atoms with van der Waals surface area (Å²) in [6, 6.07) is 8.15. The number of likely N-dealkylation sites (tertiary alicyclic amines) is 1. The van der Waals surface area contributed by atoms with Crippen molar-refractivity contribution in [1.29, 1.82) is 0 Å². The average Bonchev–Trinajstić information content (AvgIpc) is 3.11. The molecule has 0 saturated carbocycles. The Morgan fingerprint density at radius 3 is 2.62 bits per heavy atom. The molecule has 0 atom stereocenters. The molecule has 200 valence electrons. The van der Waals surface area contributed by atoms with Gasteiger partial charge in [0.15, 0.2) is 5.65 Å². The third kappa shape index (κ3) is 7.33. The van der Waals surface area contributed by atoms with Crippen LogP contribution in [0.1, 0.15) is 49.2 Å². The lowest BCUT2D eigenvalue weighted by Gasteiger charge is -2.26. The van der Waals surface area contributed by atoms with Gasteiger partial charge in [-0.15, -0.1) is 12.4 Å². The van der Waals surface area contributed by atoms with E-state index in [2.05, 4.69) is 25.9 Å². The number of benzene rings is 1. The van der Waals surface area contributed by atoms with Crippen molar-refractivity contribution in [3.05, 3.63) is 41.6 Å². The summed E-state index contributed by atoms with van der Waals surface area (Å²) in [6.07, 6.45) is 3.72. The van der Waals surface area contributed by atoms with Gasteiger partial charge in [0, 0.05) is 37.3 Å². The first-order valence-electron chi connectivity index (χ1n) is 12.5. The molecule has 10 nitrogen and oxygen atoms in total. The molecule has 37 heavy (non-hydrogen) atoms. The fourth-order valence-corrected chi connectivity index (χ4v) is 4.42. The Kier molecular flexibility index (Phi) is 9.71. The SMILES string of the molecule is Cc1nn(C)c2nc(NCCN3CCCCC3)c(C(=O)NC(=O)Nc3cccc(OC(C)C)c3)cc12.Cl. The Labute approximate surface area is 223 Å². The number of hydrogen-bond donors (Lipinski definition) is 3. The quantitative estimate of drug-likeness (QED) is 0.397. The van der Waals surface area contributed by atoms with E-state index in [1.54, 1.807) is 28.9 Å². The number of hydrogen-bond acceptors (Lipinski definition) is 7. The summed E-state index contributed by atoms with van der Waals surface area (Å²) in [5, 5.41) is 13.6. The number of imide groups is 1. The molecular formula is C26H36ClN7O3. The second-order valence-corrected chi connectivity index (χ2v) is 9.40.